The van der Waals surface area contributed by atoms with E-state index in [9.17, 15) is 0 Å². The van der Waals surface area contributed by atoms with E-state index in [1.807, 2.05) is 0 Å². The lowest BCUT2D eigenvalue weighted by molar-refractivity contribution is 0.572. The fourth-order valence-corrected chi connectivity index (χ4v) is 11.4. The lowest BCUT2D eigenvalue weighted by atomic mass is 9.83. The Morgan fingerprint density at radius 3 is 1.10 bits per heavy atom. The van der Waals surface area contributed by atoms with Crippen molar-refractivity contribution in [2.75, 3.05) is 9.80 Å². The quantitative estimate of drug-likeness (QED) is 0.142. The zero-order valence-corrected chi connectivity index (χ0v) is 42.0. The molecule has 0 amide bonds. The number of anilines is 6. The summed E-state index contributed by atoms with van der Waals surface area (Å²) in [7, 11) is 0. The molecule has 0 radical (unpaired) electrons. The fourth-order valence-electron chi connectivity index (χ4n) is 11.4. The van der Waals surface area contributed by atoms with E-state index in [1.165, 1.54) is 54.6 Å². The van der Waals surface area contributed by atoms with Crippen LogP contribution in [0.1, 0.15) is 103 Å². The predicted octanol–water partition coefficient (Wildman–Crippen LogP) is 20.2. The molecule has 4 heteroatoms. The Hall–Kier alpha value is -7.56. The Labute approximate surface area is 411 Å². The maximum atomic E-state index is 6.87. The fraction of sp³-hybridized carbons (Fsp3) is 0.212. The predicted molar refractivity (Wildman–Crippen MR) is 300 cm³/mol. The standard InChI is InChI=1S/C66H60N2O2/c1-39(2)51-37-53-57(67(41-19-13-11-14-20-41)43-27-29-45-49-23-17-25-55(65(5,6)7)63(49)69-59(45)35-43)34-32-48-52(40(3)4)38-54-58(33-31-47(51)61(54)62(48)53)68(42-21-15-12-16-22-42)44-28-30-46-50-24-18-26-56(66(8,9)10)64(50)70-60(46)36-44/h11-40H,1-10H3. The molecule has 0 saturated carbocycles. The van der Waals surface area contributed by atoms with Gasteiger partial charge in [-0.1, -0.05) is 154 Å². The van der Waals surface area contributed by atoms with Crippen molar-refractivity contribution in [3.8, 4) is 0 Å². The second kappa shape index (κ2) is 16.0. The molecule has 346 valence electrons. The highest BCUT2D eigenvalue weighted by Crippen LogP contribution is 2.52. The molecule has 0 bridgehead atoms. The van der Waals surface area contributed by atoms with E-state index in [0.717, 1.165) is 78.0 Å². The monoisotopic (exact) mass is 912 g/mol. The Morgan fingerprint density at radius 1 is 0.343 bits per heavy atom. The van der Waals surface area contributed by atoms with Crippen molar-refractivity contribution in [2.24, 2.45) is 0 Å². The van der Waals surface area contributed by atoms with Crippen LogP contribution in [0.4, 0.5) is 34.1 Å². The minimum Gasteiger partial charge on any atom is -0.456 e. The molecule has 0 spiro atoms. The molecule has 10 aromatic carbocycles. The van der Waals surface area contributed by atoms with Crippen molar-refractivity contribution in [3.63, 3.8) is 0 Å². The van der Waals surface area contributed by atoms with Gasteiger partial charge in [-0.2, -0.15) is 0 Å². The average Bonchev–Trinajstić information content (AvgIpc) is 3.91. The molecule has 0 fully saturated rings. The van der Waals surface area contributed by atoms with Gasteiger partial charge in [-0.05, 0) is 128 Å². The average molecular weight is 913 g/mol. The van der Waals surface area contributed by atoms with Gasteiger partial charge in [0.05, 0.1) is 11.4 Å². The van der Waals surface area contributed by atoms with Crippen LogP contribution in [0.25, 0.3) is 76.2 Å². The topological polar surface area (TPSA) is 32.8 Å². The van der Waals surface area contributed by atoms with Crippen LogP contribution in [0.3, 0.4) is 0 Å². The Bertz CT molecular complexity index is 3710. The van der Waals surface area contributed by atoms with E-state index >= 15 is 0 Å². The number of benzene rings is 10. The van der Waals surface area contributed by atoms with E-state index in [4.69, 9.17) is 8.83 Å². The first kappa shape index (κ1) is 43.7. The highest BCUT2D eigenvalue weighted by molar-refractivity contribution is 6.30. The first-order valence-electron chi connectivity index (χ1n) is 25.1. The molecule has 2 heterocycles. The van der Waals surface area contributed by atoms with Crippen molar-refractivity contribution in [1.82, 2.24) is 0 Å². The number of nitrogens with zero attached hydrogens (tertiary/aromatic N) is 2. The van der Waals surface area contributed by atoms with E-state index in [-0.39, 0.29) is 22.7 Å². The molecule has 0 unspecified atom stereocenters. The maximum absolute atomic E-state index is 6.87. The lowest BCUT2D eigenvalue weighted by Crippen LogP contribution is -2.12. The van der Waals surface area contributed by atoms with Crippen molar-refractivity contribution in [2.45, 2.75) is 91.9 Å². The third-order valence-electron chi connectivity index (χ3n) is 14.8. The first-order chi connectivity index (χ1) is 33.7. The van der Waals surface area contributed by atoms with Gasteiger partial charge in [0, 0.05) is 78.3 Å². The van der Waals surface area contributed by atoms with Crippen LogP contribution < -0.4 is 9.80 Å². The number of hydrogen-bond acceptors (Lipinski definition) is 4. The first-order valence-corrected chi connectivity index (χ1v) is 25.1. The molecule has 70 heavy (non-hydrogen) atoms. The normalized spacial score (nSPS) is 12.7. The molecule has 0 saturated heterocycles. The van der Waals surface area contributed by atoms with Gasteiger partial charge in [0.1, 0.15) is 22.3 Å². The molecule has 12 aromatic rings. The van der Waals surface area contributed by atoms with Crippen molar-refractivity contribution < 1.29 is 8.83 Å². The SMILES string of the molecule is CC(C)c1cc2c(N(c3ccccc3)c3ccc4c(c3)oc3c(C(C)(C)C)cccc34)ccc3c(C(C)C)cc4c(N(c5ccccc5)c5ccc6c(c5)oc5c(C(C)(C)C)cccc56)ccc1c4c32. The number of para-hydroxylation sites is 4. The maximum Gasteiger partial charge on any atom is 0.139 e. The van der Waals surface area contributed by atoms with Crippen LogP contribution in [-0.2, 0) is 10.8 Å². The van der Waals surface area contributed by atoms with Crippen LogP contribution in [0.2, 0.25) is 0 Å². The second-order valence-corrected chi connectivity index (χ2v) is 22.1. The molecule has 12 rings (SSSR count). The van der Waals surface area contributed by atoms with E-state index in [0.29, 0.717) is 0 Å². The van der Waals surface area contributed by atoms with Crippen molar-refractivity contribution in [3.05, 3.63) is 192 Å². The smallest absolute Gasteiger partial charge is 0.139 e. The minimum atomic E-state index is -0.0619. The Morgan fingerprint density at radius 2 is 0.729 bits per heavy atom. The summed E-state index contributed by atoms with van der Waals surface area (Å²) in [6.07, 6.45) is 0. The summed E-state index contributed by atoms with van der Waals surface area (Å²) in [4.78, 5) is 4.88. The van der Waals surface area contributed by atoms with Gasteiger partial charge in [0.2, 0.25) is 0 Å². The number of hydrogen-bond donors (Lipinski definition) is 0. The summed E-state index contributed by atoms with van der Waals surface area (Å²) in [5.74, 6) is 0.533. The molecular formula is C66H60N2O2. The Kier molecular flexibility index (Phi) is 9.99. The number of rotatable bonds is 8. The van der Waals surface area contributed by atoms with Gasteiger partial charge in [-0.25, -0.2) is 0 Å². The van der Waals surface area contributed by atoms with Crippen LogP contribution in [0.15, 0.2) is 179 Å². The van der Waals surface area contributed by atoms with Gasteiger partial charge in [-0.3, -0.25) is 0 Å². The molecule has 0 aliphatic carbocycles. The molecule has 2 aromatic heterocycles. The summed E-state index contributed by atoms with van der Waals surface area (Å²) < 4.78 is 13.7. The minimum absolute atomic E-state index is 0.0619. The number of fused-ring (bicyclic) bond motifs is 6. The summed E-state index contributed by atoms with van der Waals surface area (Å²) in [5.41, 5.74) is 15.2. The zero-order chi connectivity index (χ0) is 48.4. The number of furan rings is 2. The summed E-state index contributed by atoms with van der Waals surface area (Å²) in [6, 6.07) is 62.8. The van der Waals surface area contributed by atoms with Crippen LogP contribution in [0.5, 0.6) is 0 Å². The van der Waals surface area contributed by atoms with Crippen LogP contribution in [0, 0.1) is 0 Å². The third-order valence-corrected chi connectivity index (χ3v) is 14.8. The lowest BCUT2D eigenvalue weighted by Gasteiger charge is -2.31. The van der Waals surface area contributed by atoms with Crippen LogP contribution >= 0.6 is 0 Å². The second-order valence-electron chi connectivity index (χ2n) is 22.1. The molecule has 0 N–H and O–H groups in total. The van der Waals surface area contributed by atoms with E-state index in [2.05, 4.69) is 249 Å². The largest absolute Gasteiger partial charge is 0.456 e. The Balaban J connectivity index is 1.14. The van der Waals surface area contributed by atoms with E-state index < -0.39 is 0 Å². The molecule has 4 nitrogen and oxygen atoms in total. The molecule has 0 aliphatic heterocycles. The van der Waals surface area contributed by atoms with E-state index in [1.54, 1.807) is 0 Å². The van der Waals surface area contributed by atoms with Crippen LogP contribution in [-0.4, -0.2) is 0 Å². The summed E-state index contributed by atoms with van der Waals surface area (Å²) >= 11 is 0. The van der Waals surface area contributed by atoms with Crippen molar-refractivity contribution >= 4 is 110 Å². The highest BCUT2D eigenvalue weighted by Gasteiger charge is 2.28. The van der Waals surface area contributed by atoms with Gasteiger partial charge < -0.3 is 18.6 Å². The van der Waals surface area contributed by atoms with Crippen molar-refractivity contribution in [1.29, 1.82) is 0 Å². The molecular weight excluding hydrogens is 853 g/mol. The molecule has 0 atom stereocenters. The zero-order valence-electron chi connectivity index (χ0n) is 42.0. The highest BCUT2D eigenvalue weighted by atomic mass is 16.3. The van der Waals surface area contributed by atoms with Gasteiger partial charge in [0.25, 0.3) is 0 Å². The van der Waals surface area contributed by atoms with Gasteiger partial charge in [-0.15, -0.1) is 0 Å². The third kappa shape index (κ3) is 6.86. The van der Waals surface area contributed by atoms with Gasteiger partial charge in [0.15, 0.2) is 0 Å². The summed E-state index contributed by atoms with van der Waals surface area (Å²) in [5, 5.41) is 12.2. The van der Waals surface area contributed by atoms with Gasteiger partial charge >= 0.3 is 0 Å². The summed E-state index contributed by atoms with van der Waals surface area (Å²) in [6.45, 7) is 22.9. The molecule has 0 aliphatic rings.